The lowest BCUT2D eigenvalue weighted by molar-refractivity contribution is -0.153. The molecule has 2 nitrogen and oxygen atoms in total. The highest BCUT2D eigenvalue weighted by molar-refractivity contribution is 5.67. The van der Waals surface area contributed by atoms with Crippen LogP contribution in [0.4, 0.5) is 0 Å². The lowest BCUT2D eigenvalue weighted by Gasteiger charge is -2.31. The largest absolute Gasteiger partial charge is 0.446 e. The van der Waals surface area contributed by atoms with E-state index in [1.807, 2.05) is 0 Å². The summed E-state index contributed by atoms with van der Waals surface area (Å²) in [5.74, 6) is 6.18. The van der Waals surface area contributed by atoms with Crippen molar-refractivity contribution in [3.63, 3.8) is 0 Å². The van der Waals surface area contributed by atoms with E-state index in [2.05, 4.69) is 18.8 Å². The highest BCUT2D eigenvalue weighted by atomic mass is 16.6. The van der Waals surface area contributed by atoms with Gasteiger partial charge in [-0.3, -0.25) is 4.79 Å². The van der Waals surface area contributed by atoms with Gasteiger partial charge in [0.15, 0.2) is 5.60 Å². The fourth-order valence-corrected chi connectivity index (χ4v) is 2.14. The summed E-state index contributed by atoms with van der Waals surface area (Å²) >= 11 is 0. The number of carbonyl (C=O) groups excluding carboxylic acids is 1. The average molecular weight is 222 g/mol. The Balaban J connectivity index is 2.60. The summed E-state index contributed by atoms with van der Waals surface area (Å²) in [6, 6.07) is 0. The van der Waals surface area contributed by atoms with E-state index < -0.39 is 5.60 Å². The van der Waals surface area contributed by atoms with E-state index in [1.54, 1.807) is 0 Å². The van der Waals surface area contributed by atoms with Crippen molar-refractivity contribution < 1.29 is 9.53 Å². The van der Waals surface area contributed by atoms with Gasteiger partial charge >= 0.3 is 5.97 Å². The molecule has 0 spiro atoms. The van der Waals surface area contributed by atoms with Gasteiger partial charge in [-0.2, -0.15) is 0 Å². The number of carbonyl (C=O) groups is 1. The summed E-state index contributed by atoms with van der Waals surface area (Å²) in [5, 5.41) is 0. The first-order valence-electron chi connectivity index (χ1n) is 6.38. The quantitative estimate of drug-likeness (QED) is 0.415. The minimum atomic E-state index is -0.460. The SMILES string of the molecule is CCCCC#CC1(OC(C)=O)CCCCC1. The fourth-order valence-electron chi connectivity index (χ4n) is 2.14. The third-order valence-corrected chi connectivity index (χ3v) is 2.97. The van der Waals surface area contributed by atoms with Crippen LogP contribution in [0.5, 0.6) is 0 Å². The fraction of sp³-hybridized carbons (Fsp3) is 0.786. The molecule has 16 heavy (non-hydrogen) atoms. The van der Waals surface area contributed by atoms with E-state index in [0.29, 0.717) is 0 Å². The average Bonchev–Trinajstić information content (AvgIpc) is 2.25. The van der Waals surface area contributed by atoms with Crippen LogP contribution in [0, 0.1) is 11.8 Å². The molecule has 0 amide bonds. The number of rotatable bonds is 3. The Morgan fingerprint density at radius 1 is 1.31 bits per heavy atom. The van der Waals surface area contributed by atoms with Crippen molar-refractivity contribution in [3.05, 3.63) is 0 Å². The second-order valence-electron chi connectivity index (χ2n) is 4.55. The van der Waals surface area contributed by atoms with Crippen LogP contribution in [0.1, 0.15) is 65.2 Å². The molecule has 0 aromatic heterocycles. The van der Waals surface area contributed by atoms with Crippen molar-refractivity contribution in [2.24, 2.45) is 0 Å². The molecule has 1 saturated carbocycles. The molecule has 0 saturated heterocycles. The molecule has 0 atom stereocenters. The molecule has 1 fully saturated rings. The Morgan fingerprint density at radius 3 is 2.56 bits per heavy atom. The maximum absolute atomic E-state index is 11.1. The predicted octanol–water partition coefficient (Wildman–Crippen LogP) is 3.45. The van der Waals surface area contributed by atoms with Gasteiger partial charge in [-0.15, -0.1) is 0 Å². The van der Waals surface area contributed by atoms with E-state index in [1.165, 1.54) is 13.3 Å². The number of ether oxygens (including phenoxy) is 1. The van der Waals surface area contributed by atoms with Crippen molar-refractivity contribution in [3.8, 4) is 11.8 Å². The topological polar surface area (TPSA) is 26.3 Å². The number of hydrogen-bond donors (Lipinski definition) is 0. The van der Waals surface area contributed by atoms with Crippen molar-refractivity contribution in [2.45, 2.75) is 70.8 Å². The Labute approximate surface area is 98.8 Å². The van der Waals surface area contributed by atoms with Gasteiger partial charge in [-0.1, -0.05) is 31.6 Å². The first kappa shape index (κ1) is 13.1. The number of hydrogen-bond acceptors (Lipinski definition) is 2. The molecule has 0 aliphatic heterocycles. The minimum absolute atomic E-state index is 0.202. The maximum atomic E-state index is 11.1. The highest BCUT2D eigenvalue weighted by Crippen LogP contribution is 2.31. The van der Waals surface area contributed by atoms with Crippen LogP contribution in [-0.2, 0) is 9.53 Å². The summed E-state index contributed by atoms with van der Waals surface area (Å²) in [7, 11) is 0. The van der Waals surface area contributed by atoms with Crippen LogP contribution >= 0.6 is 0 Å². The third kappa shape index (κ3) is 4.26. The molecule has 2 heteroatoms. The van der Waals surface area contributed by atoms with Crippen LogP contribution in [0.15, 0.2) is 0 Å². The first-order chi connectivity index (χ1) is 7.68. The van der Waals surface area contributed by atoms with Crippen LogP contribution in [0.2, 0.25) is 0 Å². The molecule has 0 unspecified atom stereocenters. The Morgan fingerprint density at radius 2 is 2.00 bits per heavy atom. The molecule has 0 aromatic carbocycles. The molecule has 0 N–H and O–H groups in total. The molecule has 90 valence electrons. The number of esters is 1. The van der Waals surface area contributed by atoms with Gasteiger partial charge in [0.25, 0.3) is 0 Å². The highest BCUT2D eigenvalue weighted by Gasteiger charge is 2.33. The van der Waals surface area contributed by atoms with Crippen LogP contribution in [0.25, 0.3) is 0 Å². The lowest BCUT2D eigenvalue weighted by atomic mass is 9.85. The molecule has 1 aliphatic carbocycles. The lowest BCUT2D eigenvalue weighted by Crippen LogP contribution is -2.35. The van der Waals surface area contributed by atoms with Gasteiger partial charge in [0.1, 0.15) is 0 Å². The van der Waals surface area contributed by atoms with E-state index in [4.69, 9.17) is 4.74 Å². The molecular weight excluding hydrogens is 200 g/mol. The van der Waals surface area contributed by atoms with Crippen molar-refractivity contribution in [1.29, 1.82) is 0 Å². The third-order valence-electron chi connectivity index (χ3n) is 2.97. The van der Waals surface area contributed by atoms with Crippen molar-refractivity contribution >= 4 is 5.97 Å². The van der Waals surface area contributed by atoms with Crippen molar-refractivity contribution in [2.75, 3.05) is 0 Å². The summed E-state index contributed by atoms with van der Waals surface area (Å²) in [5.41, 5.74) is -0.460. The Kier molecular flexibility index (Phi) is 5.38. The van der Waals surface area contributed by atoms with Gasteiger partial charge in [-0.05, 0) is 32.1 Å². The molecule has 0 heterocycles. The normalized spacial score (nSPS) is 18.4. The summed E-state index contributed by atoms with van der Waals surface area (Å²) in [6.45, 7) is 3.63. The van der Waals surface area contributed by atoms with E-state index in [0.717, 1.165) is 44.9 Å². The maximum Gasteiger partial charge on any atom is 0.304 e. The standard InChI is InChI=1S/C14H22O2/c1-3-4-5-7-10-14(16-13(2)15)11-8-6-9-12-14/h3-6,8-9,11-12H2,1-2H3. The van der Waals surface area contributed by atoms with Crippen LogP contribution in [0.3, 0.4) is 0 Å². The monoisotopic (exact) mass is 222 g/mol. The Bertz CT molecular complexity index is 277. The summed E-state index contributed by atoms with van der Waals surface area (Å²) in [6.07, 6.45) is 8.50. The van der Waals surface area contributed by atoms with Gasteiger partial charge in [0.2, 0.25) is 0 Å². The van der Waals surface area contributed by atoms with E-state index in [-0.39, 0.29) is 5.97 Å². The smallest absolute Gasteiger partial charge is 0.304 e. The van der Waals surface area contributed by atoms with Gasteiger partial charge in [0, 0.05) is 13.3 Å². The van der Waals surface area contributed by atoms with Crippen molar-refractivity contribution in [1.82, 2.24) is 0 Å². The molecular formula is C14H22O2. The second kappa shape index (κ2) is 6.58. The first-order valence-corrected chi connectivity index (χ1v) is 6.38. The zero-order valence-electron chi connectivity index (χ0n) is 10.5. The van der Waals surface area contributed by atoms with Crippen LogP contribution in [-0.4, -0.2) is 11.6 Å². The summed E-state index contributed by atoms with van der Waals surface area (Å²) in [4.78, 5) is 11.1. The van der Waals surface area contributed by atoms with E-state index >= 15 is 0 Å². The minimum Gasteiger partial charge on any atom is -0.446 e. The van der Waals surface area contributed by atoms with Gasteiger partial charge in [0.05, 0.1) is 0 Å². The molecule has 1 rings (SSSR count). The predicted molar refractivity (Wildman–Crippen MR) is 64.9 cm³/mol. The number of unbranched alkanes of at least 4 members (excludes halogenated alkanes) is 2. The molecule has 0 bridgehead atoms. The summed E-state index contributed by atoms with van der Waals surface area (Å²) < 4.78 is 5.45. The molecule has 0 radical (unpaired) electrons. The Hall–Kier alpha value is -0.970. The molecule has 1 aliphatic rings. The molecule has 0 aromatic rings. The zero-order valence-corrected chi connectivity index (χ0v) is 10.5. The zero-order chi connectivity index (χ0) is 11.9. The second-order valence-corrected chi connectivity index (χ2v) is 4.55. The van der Waals surface area contributed by atoms with Gasteiger partial charge < -0.3 is 4.74 Å². The van der Waals surface area contributed by atoms with Crippen LogP contribution < -0.4 is 0 Å². The van der Waals surface area contributed by atoms with E-state index in [9.17, 15) is 4.79 Å². The van der Waals surface area contributed by atoms with Gasteiger partial charge in [-0.25, -0.2) is 0 Å².